The number of unbranched alkanes of at least 4 members (excludes halogenated alkanes) is 1. The molecule has 4 atom stereocenters. The summed E-state index contributed by atoms with van der Waals surface area (Å²) < 4.78 is 7.41. The fourth-order valence-corrected chi connectivity index (χ4v) is 4.83. The van der Waals surface area contributed by atoms with E-state index in [-0.39, 0.29) is 35.3 Å². The molecule has 2 aliphatic heterocycles. The van der Waals surface area contributed by atoms with Crippen molar-refractivity contribution in [3.63, 3.8) is 0 Å². The fourth-order valence-electron chi connectivity index (χ4n) is 4.83. The van der Waals surface area contributed by atoms with Crippen LogP contribution in [0.15, 0.2) is 23.0 Å². The Hall–Kier alpha value is -2.35. The van der Waals surface area contributed by atoms with E-state index in [0.717, 1.165) is 44.4 Å². The van der Waals surface area contributed by atoms with Crippen LogP contribution in [0.1, 0.15) is 64.5 Å². The SMILES string of the molecule is CCCCOCCCNC(=O)[C@@H](NC(=O)N1C[C@@H]2C[C@@H](C1)c1cccc(=O)n1C2)[C@@H](C)CC. The molecule has 0 aromatic carbocycles. The summed E-state index contributed by atoms with van der Waals surface area (Å²) in [5.74, 6) is 0.296. The Morgan fingerprint density at radius 1 is 1.15 bits per heavy atom. The van der Waals surface area contributed by atoms with Gasteiger partial charge in [-0.1, -0.05) is 39.7 Å². The zero-order valence-corrected chi connectivity index (χ0v) is 20.3. The number of piperidine rings is 1. The van der Waals surface area contributed by atoms with Gasteiger partial charge in [-0.2, -0.15) is 0 Å². The predicted octanol–water partition coefficient (Wildman–Crippen LogP) is 2.71. The summed E-state index contributed by atoms with van der Waals surface area (Å²) >= 11 is 0. The van der Waals surface area contributed by atoms with E-state index < -0.39 is 6.04 Å². The highest BCUT2D eigenvalue weighted by Crippen LogP contribution is 2.34. The van der Waals surface area contributed by atoms with Gasteiger partial charge >= 0.3 is 6.03 Å². The highest BCUT2D eigenvalue weighted by Gasteiger charge is 2.37. The number of aromatic nitrogens is 1. The molecule has 2 bridgehead atoms. The Morgan fingerprint density at radius 2 is 1.94 bits per heavy atom. The minimum Gasteiger partial charge on any atom is -0.381 e. The van der Waals surface area contributed by atoms with E-state index in [1.807, 2.05) is 29.4 Å². The van der Waals surface area contributed by atoms with Gasteiger partial charge in [-0.25, -0.2) is 4.79 Å². The standard InChI is InChI=1S/C25H40N4O4/c1-4-6-12-33-13-8-11-26-24(31)23(18(3)5-2)27-25(32)28-15-19-14-20(17-28)21-9-7-10-22(30)29(21)16-19/h7,9-10,18-20,23H,4-6,8,11-17H2,1-3H3,(H,26,31)(H,27,32)/t18-,19-,20-,23-/m0/s1. The third-order valence-electron chi connectivity index (χ3n) is 6.95. The topological polar surface area (TPSA) is 92.7 Å². The minimum atomic E-state index is -0.569. The van der Waals surface area contributed by atoms with Crippen LogP contribution in [0.3, 0.4) is 0 Å². The molecule has 2 aliphatic rings. The van der Waals surface area contributed by atoms with E-state index in [1.54, 1.807) is 12.1 Å². The molecule has 8 heteroatoms. The molecule has 3 amide bonds. The van der Waals surface area contributed by atoms with Crippen molar-refractivity contribution in [1.29, 1.82) is 0 Å². The molecule has 1 aromatic heterocycles. The summed E-state index contributed by atoms with van der Waals surface area (Å²) in [6.07, 6.45) is 4.69. The largest absolute Gasteiger partial charge is 0.381 e. The molecule has 1 saturated heterocycles. The number of pyridine rings is 1. The van der Waals surface area contributed by atoms with Crippen LogP contribution >= 0.6 is 0 Å². The number of rotatable bonds is 11. The minimum absolute atomic E-state index is 0.0262. The van der Waals surface area contributed by atoms with Gasteiger partial charge in [0.25, 0.3) is 5.56 Å². The first-order chi connectivity index (χ1) is 15.9. The first-order valence-corrected chi connectivity index (χ1v) is 12.5. The van der Waals surface area contributed by atoms with E-state index in [2.05, 4.69) is 17.6 Å². The maximum atomic E-state index is 13.2. The smallest absolute Gasteiger partial charge is 0.318 e. The monoisotopic (exact) mass is 460 g/mol. The number of amides is 3. The molecule has 3 heterocycles. The number of carbonyl (C=O) groups excluding carboxylic acids is 2. The molecule has 33 heavy (non-hydrogen) atoms. The van der Waals surface area contributed by atoms with Gasteiger partial charge in [0.1, 0.15) is 6.04 Å². The maximum Gasteiger partial charge on any atom is 0.318 e. The van der Waals surface area contributed by atoms with Gasteiger partial charge in [0.15, 0.2) is 0 Å². The van der Waals surface area contributed by atoms with Gasteiger partial charge in [0, 0.05) is 57.1 Å². The van der Waals surface area contributed by atoms with Crippen molar-refractivity contribution in [2.45, 2.75) is 71.4 Å². The number of likely N-dealkylation sites (tertiary alicyclic amines) is 1. The molecule has 1 aromatic rings. The van der Waals surface area contributed by atoms with Gasteiger partial charge in [-0.05, 0) is 37.2 Å². The van der Waals surface area contributed by atoms with Crippen LogP contribution in [0.2, 0.25) is 0 Å². The molecule has 3 rings (SSSR count). The first-order valence-electron chi connectivity index (χ1n) is 12.5. The predicted molar refractivity (Wildman–Crippen MR) is 128 cm³/mol. The molecule has 184 valence electrons. The van der Waals surface area contributed by atoms with Crippen molar-refractivity contribution in [3.05, 3.63) is 34.2 Å². The van der Waals surface area contributed by atoms with Gasteiger partial charge in [-0.3, -0.25) is 9.59 Å². The van der Waals surface area contributed by atoms with Crippen LogP contribution in [0, 0.1) is 11.8 Å². The Balaban J connectivity index is 1.55. The van der Waals surface area contributed by atoms with Gasteiger partial charge in [0.2, 0.25) is 5.91 Å². The highest BCUT2D eigenvalue weighted by atomic mass is 16.5. The summed E-state index contributed by atoms with van der Waals surface area (Å²) in [5, 5.41) is 5.97. The molecular weight excluding hydrogens is 420 g/mol. The van der Waals surface area contributed by atoms with Gasteiger partial charge < -0.3 is 24.8 Å². The number of fused-ring (bicyclic) bond motifs is 4. The number of nitrogens with one attached hydrogen (secondary N) is 2. The van der Waals surface area contributed by atoms with Gasteiger partial charge in [-0.15, -0.1) is 0 Å². The normalized spacial score (nSPS) is 21.1. The summed E-state index contributed by atoms with van der Waals surface area (Å²) in [6.45, 7) is 9.88. The van der Waals surface area contributed by atoms with Crippen molar-refractivity contribution < 1.29 is 14.3 Å². The zero-order chi connectivity index (χ0) is 23.8. The molecular formula is C25H40N4O4. The first kappa shape index (κ1) is 25.3. The van der Waals surface area contributed by atoms with Crippen LogP contribution in [0.4, 0.5) is 4.79 Å². The third kappa shape index (κ3) is 6.59. The summed E-state index contributed by atoms with van der Waals surface area (Å²) in [4.78, 5) is 40.1. The molecule has 8 nitrogen and oxygen atoms in total. The van der Waals surface area contributed by atoms with Crippen molar-refractivity contribution in [2.75, 3.05) is 32.8 Å². The molecule has 1 fully saturated rings. The Morgan fingerprint density at radius 3 is 2.70 bits per heavy atom. The number of nitrogens with zero attached hydrogens (tertiary/aromatic N) is 2. The molecule has 0 spiro atoms. The van der Waals surface area contributed by atoms with Gasteiger partial charge in [0.05, 0.1) is 0 Å². The second-order valence-electron chi connectivity index (χ2n) is 9.53. The number of hydrogen-bond donors (Lipinski definition) is 2. The van der Waals surface area contributed by atoms with Crippen LogP contribution < -0.4 is 16.2 Å². The number of urea groups is 1. The van der Waals surface area contributed by atoms with E-state index in [1.165, 1.54) is 0 Å². The molecule has 0 unspecified atom stereocenters. The lowest BCUT2D eigenvalue weighted by atomic mass is 9.83. The van der Waals surface area contributed by atoms with Crippen LogP contribution in [-0.4, -0.2) is 60.3 Å². The summed E-state index contributed by atoms with van der Waals surface area (Å²) in [5.41, 5.74) is 1.04. The summed E-state index contributed by atoms with van der Waals surface area (Å²) in [7, 11) is 0. The lowest BCUT2D eigenvalue weighted by Crippen LogP contribution is -2.57. The van der Waals surface area contributed by atoms with Crippen molar-refractivity contribution >= 4 is 11.9 Å². The fraction of sp³-hybridized carbons (Fsp3) is 0.720. The Bertz CT molecular complexity index is 855. The molecule has 0 radical (unpaired) electrons. The average molecular weight is 461 g/mol. The molecule has 2 N–H and O–H groups in total. The maximum absolute atomic E-state index is 13.2. The number of carbonyl (C=O) groups is 2. The second-order valence-corrected chi connectivity index (χ2v) is 9.53. The van der Waals surface area contributed by atoms with E-state index in [9.17, 15) is 14.4 Å². The van der Waals surface area contributed by atoms with Crippen LogP contribution in [-0.2, 0) is 16.1 Å². The Labute approximate surface area is 197 Å². The Kier molecular flexibility index (Phi) is 9.35. The number of ether oxygens (including phenoxy) is 1. The van der Waals surface area contributed by atoms with Crippen molar-refractivity contribution in [1.82, 2.24) is 20.1 Å². The van der Waals surface area contributed by atoms with Crippen molar-refractivity contribution in [2.24, 2.45) is 11.8 Å². The quantitative estimate of drug-likeness (QED) is 0.497. The lowest BCUT2D eigenvalue weighted by molar-refractivity contribution is -0.124. The molecule has 0 saturated carbocycles. The van der Waals surface area contributed by atoms with E-state index in [0.29, 0.717) is 32.8 Å². The van der Waals surface area contributed by atoms with E-state index in [4.69, 9.17) is 4.74 Å². The molecule has 0 aliphatic carbocycles. The zero-order valence-electron chi connectivity index (χ0n) is 20.3. The average Bonchev–Trinajstić information content (AvgIpc) is 2.81. The van der Waals surface area contributed by atoms with Crippen molar-refractivity contribution in [3.8, 4) is 0 Å². The number of hydrogen-bond acceptors (Lipinski definition) is 4. The van der Waals surface area contributed by atoms with E-state index >= 15 is 0 Å². The lowest BCUT2D eigenvalue weighted by Gasteiger charge is -2.43. The second kappa shape index (κ2) is 12.2. The van der Waals surface area contributed by atoms with Crippen LogP contribution in [0.5, 0.6) is 0 Å². The highest BCUT2D eigenvalue weighted by molar-refractivity contribution is 5.87. The van der Waals surface area contributed by atoms with Crippen LogP contribution in [0.25, 0.3) is 0 Å². The third-order valence-corrected chi connectivity index (χ3v) is 6.95. The summed E-state index contributed by atoms with van der Waals surface area (Å²) in [6, 6.07) is 4.62.